The van der Waals surface area contributed by atoms with E-state index in [1.165, 1.54) is 6.26 Å². The Bertz CT molecular complexity index is 1280. The highest BCUT2D eigenvalue weighted by Crippen LogP contribution is 2.28. The third-order valence-electron chi connectivity index (χ3n) is 6.28. The summed E-state index contributed by atoms with van der Waals surface area (Å²) in [7, 11) is 1.82. The lowest BCUT2D eigenvalue weighted by Crippen LogP contribution is -2.37. The van der Waals surface area contributed by atoms with Crippen molar-refractivity contribution in [2.45, 2.75) is 45.1 Å². The zero-order valence-corrected chi connectivity index (χ0v) is 19.1. The number of fused-ring (bicyclic) bond motifs is 1. The van der Waals surface area contributed by atoms with Crippen LogP contribution in [0.3, 0.4) is 0 Å². The fourth-order valence-electron chi connectivity index (χ4n) is 4.31. The van der Waals surface area contributed by atoms with E-state index in [1.54, 1.807) is 17.1 Å². The molecule has 1 saturated heterocycles. The number of oxazole rings is 1. The minimum absolute atomic E-state index is 0.102. The Hall–Kier alpha value is -3.46. The van der Waals surface area contributed by atoms with Crippen molar-refractivity contribution >= 4 is 16.7 Å². The van der Waals surface area contributed by atoms with Crippen molar-refractivity contribution in [3.63, 3.8) is 0 Å². The molecule has 0 aromatic carbocycles. The number of aromatic nitrogens is 6. The van der Waals surface area contributed by atoms with Crippen molar-refractivity contribution in [1.29, 1.82) is 0 Å². The van der Waals surface area contributed by atoms with Crippen molar-refractivity contribution in [2.75, 3.05) is 13.1 Å². The number of ketones is 1. The molecule has 0 N–H and O–H groups in total. The number of likely N-dealkylation sites (tertiary alicyclic amines) is 1. The van der Waals surface area contributed by atoms with Gasteiger partial charge in [0.2, 0.25) is 0 Å². The van der Waals surface area contributed by atoms with E-state index in [0.29, 0.717) is 23.3 Å². The second-order valence-electron chi connectivity index (χ2n) is 8.94. The largest absolute Gasteiger partial charge is 0.448 e. The summed E-state index contributed by atoms with van der Waals surface area (Å²) in [6.07, 6.45) is 8.92. The molecule has 0 radical (unpaired) electrons. The standard InChI is InChI=1S/C24H27N7O2/c1-15(2)31-6-4-16(5-7-31)24-27-22(14-33-24)23(32)10-19-9-17-8-18(11-26-20(17)12-25-19)21-13-30(3)29-28-21/h8-9,11-16H,4-7,10H2,1-3H3. The van der Waals surface area contributed by atoms with Gasteiger partial charge in [-0.15, -0.1) is 5.10 Å². The van der Waals surface area contributed by atoms with Gasteiger partial charge in [0.1, 0.15) is 17.7 Å². The molecule has 1 fully saturated rings. The van der Waals surface area contributed by atoms with Crippen LogP contribution >= 0.6 is 0 Å². The fourth-order valence-corrected chi connectivity index (χ4v) is 4.31. The van der Waals surface area contributed by atoms with Crippen molar-refractivity contribution in [2.24, 2.45) is 7.05 Å². The van der Waals surface area contributed by atoms with Crippen molar-refractivity contribution < 1.29 is 9.21 Å². The topological polar surface area (TPSA) is 103 Å². The predicted molar refractivity (Wildman–Crippen MR) is 123 cm³/mol. The molecule has 33 heavy (non-hydrogen) atoms. The monoisotopic (exact) mass is 445 g/mol. The van der Waals surface area contributed by atoms with Gasteiger partial charge in [-0.25, -0.2) is 4.98 Å². The van der Waals surface area contributed by atoms with Gasteiger partial charge in [-0.2, -0.15) is 0 Å². The van der Waals surface area contributed by atoms with Crippen LogP contribution in [0.2, 0.25) is 0 Å². The summed E-state index contributed by atoms with van der Waals surface area (Å²) >= 11 is 0. The third-order valence-corrected chi connectivity index (χ3v) is 6.28. The molecule has 1 aliphatic rings. The Morgan fingerprint density at radius 1 is 1.18 bits per heavy atom. The van der Waals surface area contributed by atoms with E-state index in [1.807, 2.05) is 25.4 Å². The van der Waals surface area contributed by atoms with Gasteiger partial charge in [-0.3, -0.25) is 19.4 Å². The number of pyridine rings is 2. The predicted octanol–water partition coefficient (Wildman–Crippen LogP) is 3.43. The van der Waals surface area contributed by atoms with Crippen LogP contribution in [0.5, 0.6) is 0 Å². The van der Waals surface area contributed by atoms with E-state index >= 15 is 0 Å². The minimum atomic E-state index is -0.102. The molecule has 1 aliphatic heterocycles. The normalized spacial score (nSPS) is 15.5. The van der Waals surface area contributed by atoms with Crippen LogP contribution < -0.4 is 0 Å². The minimum Gasteiger partial charge on any atom is -0.448 e. The average molecular weight is 446 g/mol. The number of rotatable bonds is 6. The molecule has 0 bridgehead atoms. The van der Waals surface area contributed by atoms with E-state index < -0.39 is 0 Å². The number of hydrogen-bond acceptors (Lipinski definition) is 8. The number of Topliss-reactive ketones (excluding diaryl/α,β-unsaturated/α-hetero) is 1. The Morgan fingerprint density at radius 2 is 2.00 bits per heavy atom. The molecule has 0 aliphatic carbocycles. The molecule has 0 atom stereocenters. The third kappa shape index (κ3) is 4.54. The molecule has 0 amide bonds. The number of carbonyl (C=O) groups excluding carboxylic acids is 1. The van der Waals surface area contributed by atoms with Crippen LogP contribution in [0, 0.1) is 0 Å². The zero-order chi connectivity index (χ0) is 22.9. The maximum Gasteiger partial charge on any atom is 0.197 e. The van der Waals surface area contributed by atoms with E-state index in [-0.39, 0.29) is 18.1 Å². The Kier molecular flexibility index (Phi) is 5.72. The Morgan fingerprint density at radius 3 is 2.73 bits per heavy atom. The molecule has 0 unspecified atom stereocenters. The molecule has 9 nitrogen and oxygen atoms in total. The molecular weight excluding hydrogens is 418 g/mol. The number of hydrogen-bond donors (Lipinski definition) is 0. The van der Waals surface area contributed by atoms with Gasteiger partial charge < -0.3 is 9.32 Å². The summed E-state index contributed by atoms with van der Waals surface area (Å²) < 4.78 is 7.35. The molecule has 0 saturated carbocycles. The molecule has 4 aromatic rings. The Labute approximate surface area is 191 Å². The van der Waals surface area contributed by atoms with E-state index in [9.17, 15) is 4.79 Å². The number of nitrogens with zero attached hydrogens (tertiary/aromatic N) is 7. The zero-order valence-electron chi connectivity index (χ0n) is 19.1. The lowest BCUT2D eigenvalue weighted by Gasteiger charge is -2.33. The van der Waals surface area contributed by atoms with E-state index in [0.717, 1.165) is 48.1 Å². The summed E-state index contributed by atoms with van der Waals surface area (Å²) in [5.41, 5.74) is 3.40. The van der Waals surface area contributed by atoms with E-state index in [2.05, 4.69) is 44.0 Å². The molecule has 5 rings (SSSR count). The van der Waals surface area contributed by atoms with Gasteiger partial charge in [0.15, 0.2) is 11.7 Å². The molecule has 9 heteroatoms. The maximum absolute atomic E-state index is 12.9. The van der Waals surface area contributed by atoms with Gasteiger partial charge >= 0.3 is 0 Å². The highest BCUT2D eigenvalue weighted by molar-refractivity contribution is 5.95. The second-order valence-corrected chi connectivity index (χ2v) is 8.94. The summed E-state index contributed by atoms with van der Waals surface area (Å²) in [5.74, 6) is 0.839. The first-order chi connectivity index (χ1) is 16.0. The molecule has 4 aromatic heterocycles. The van der Waals surface area contributed by atoms with Crippen molar-refractivity contribution in [1.82, 2.24) is 34.8 Å². The number of carbonyl (C=O) groups is 1. The fraction of sp³-hybridized carbons (Fsp3) is 0.417. The lowest BCUT2D eigenvalue weighted by atomic mass is 9.96. The number of piperidine rings is 1. The van der Waals surface area contributed by atoms with E-state index in [4.69, 9.17) is 4.42 Å². The SMILES string of the molecule is CC(C)N1CCC(c2nc(C(=O)Cc3cc4cc(-c5cn(C)nn5)cnc4cn3)co2)CC1. The van der Waals surface area contributed by atoms with Crippen LogP contribution in [0.1, 0.15) is 54.7 Å². The van der Waals surface area contributed by atoms with Crippen LogP contribution in [-0.4, -0.2) is 59.8 Å². The molecule has 0 spiro atoms. The van der Waals surface area contributed by atoms with Gasteiger partial charge in [0.05, 0.1) is 24.3 Å². The molecular formula is C24H27N7O2. The summed E-state index contributed by atoms with van der Waals surface area (Å²) in [6.45, 7) is 6.49. The first-order valence-electron chi connectivity index (χ1n) is 11.3. The first kappa shape index (κ1) is 21.4. The number of aryl methyl sites for hydroxylation is 1. The molecule has 170 valence electrons. The lowest BCUT2D eigenvalue weighted by molar-refractivity contribution is 0.0987. The van der Waals surface area contributed by atoms with Gasteiger partial charge in [0.25, 0.3) is 0 Å². The summed E-state index contributed by atoms with van der Waals surface area (Å²) in [5, 5.41) is 9.01. The summed E-state index contributed by atoms with van der Waals surface area (Å²) in [4.78, 5) is 28.7. The Balaban J connectivity index is 1.29. The van der Waals surface area contributed by atoms with Crippen LogP contribution in [0.15, 0.2) is 41.4 Å². The van der Waals surface area contributed by atoms with Gasteiger partial charge in [-0.05, 0) is 51.9 Å². The molecule has 5 heterocycles. The van der Waals surface area contributed by atoms with Gasteiger partial charge in [-0.1, -0.05) is 5.21 Å². The van der Waals surface area contributed by atoms with Gasteiger partial charge in [0, 0.05) is 41.8 Å². The average Bonchev–Trinajstić information content (AvgIpc) is 3.48. The van der Waals surface area contributed by atoms with Crippen LogP contribution in [0.25, 0.3) is 22.2 Å². The maximum atomic E-state index is 12.9. The first-order valence-corrected chi connectivity index (χ1v) is 11.3. The van der Waals surface area contributed by atoms with Crippen LogP contribution in [-0.2, 0) is 13.5 Å². The summed E-state index contributed by atoms with van der Waals surface area (Å²) in [6, 6.07) is 4.43. The highest BCUT2D eigenvalue weighted by atomic mass is 16.3. The second kappa shape index (κ2) is 8.82. The highest BCUT2D eigenvalue weighted by Gasteiger charge is 2.26. The smallest absolute Gasteiger partial charge is 0.197 e. The van der Waals surface area contributed by atoms with Crippen molar-refractivity contribution in [3.8, 4) is 11.3 Å². The quantitative estimate of drug-likeness (QED) is 0.416. The van der Waals surface area contributed by atoms with Crippen molar-refractivity contribution in [3.05, 3.63) is 54.3 Å². The van der Waals surface area contributed by atoms with Crippen LogP contribution in [0.4, 0.5) is 0 Å².